The Balaban J connectivity index is 2.58. The number of nitrogens with two attached hydrogens (primary N) is 1. The lowest BCUT2D eigenvalue weighted by Gasteiger charge is -2.08. The maximum absolute atomic E-state index is 5.68. The summed E-state index contributed by atoms with van der Waals surface area (Å²) in [4.78, 5) is 4.13. The summed E-state index contributed by atoms with van der Waals surface area (Å²) < 4.78 is 2.18. The molecule has 0 fully saturated rings. The molecule has 3 nitrogen and oxygen atoms in total. The molecule has 0 saturated heterocycles. The van der Waals surface area contributed by atoms with Gasteiger partial charge in [0.25, 0.3) is 0 Å². The van der Waals surface area contributed by atoms with Gasteiger partial charge in [-0.3, -0.25) is 4.98 Å². The van der Waals surface area contributed by atoms with Crippen LogP contribution in [0.4, 0.5) is 0 Å². The fourth-order valence-corrected chi connectivity index (χ4v) is 1.92. The molecule has 0 bridgehead atoms. The SMILES string of the molecule is Cc1cc(CN)c(C)n1-c1cccnc1. The molecule has 3 heteroatoms. The van der Waals surface area contributed by atoms with Crippen molar-refractivity contribution in [3.63, 3.8) is 0 Å². The predicted molar refractivity (Wildman–Crippen MR) is 60.9 cm³/mol. The van der Waals surface area contributed by atoms with E-state index in [1.807, 2.05) is 18.3 Å². The van der Waals surface area contributed by atoms with E-state index in [1.165, 1.54) is 17.0 Å². The Morgan fingerprint density at radius 3 is 2.73 bits per heavy atom. The van der Waals surface area contributed by atoms with Crippen molar-refractivity contribution in [1.82, 2.24) is 9.55 Å². The average molecular weight is 201 g/mol. The van der Waals surface area contributed by atoms with E-state index in [-0.39, 0.29) is 0 Å². The van der Waals surface area contributed by atoms with Crippen molar-refractivity contribution >= 4 is 0 Å². The van der Waals surface area contributed by atoms with Gasteiger partial charge in [0, 0.05) is 24.1 Å². The van der Waals surface area contributed by atoms with Crippen LogP contribution in [0.3, 0.4) is 0 Å². The van der Waals surface area contributed by atoms with Crippen molar-refractivity contribution < 1.29 is 0 Å². The van der Waals surface area contributed by atoms with Crippen LogP contribution in [0, 0.1) is 13.8 Å². The first-order valence-electron chi connectivity index (χ1n) is 5.02. The molecule has 0 atom stereocenters. The van der Waals surface area contributed by atoms with E-state index in [4.69, 9.17) is 5.73 Å². The Morgan fingerprint density at radius 2 is 2.20 bits per heavy atom. The summed E-state index contributed by atoms with van der Waals surface area (Å²) in [6.45, 7) is 4.75. The van der Waals surface area contributed by atoms with Crippen LogP contribution < -0.4 is 5.73 Å². The molecule has 15 heavy (non-hydrogen) atoms. The lowest BCUT2D eigenvalue weighted by atomic mass is 10.2. The molecule has 0 spiro atoms. The number of rotatable bonds is 2. The van der Waals surface area contributed by atoms with Gasteiger partial charge in [0.15, 0.2) is 0 Å². The Kier molecular flexibility index (Phi) is 2.56. The number of nitrogens with zero attached hydrogens (tertiary/aromatic N) is 2. The molecule has 2 N–H and O–H groups in total. The highest BCUT2D eigenvalue weighted by Gasteiger charge is 2.08. The van der Waals surface area contributed by atoms with Crippen LogP contribution in [0.15, 0.2) is 30.6 Å². The second kappa shape index (κ2) is 3.87. The lowest BCUT2D eigenvalue weighted by Crippen LogP contribution is -2.02. The van der Waals surface area contributed by atoms with Crippen molar-refractivity contribution in [2.45, 2.75) is 20.4 Å². The third kappa shape index (κ3) is 1.66. The molecule has 0 aliphatic carbocycles. The minimum Gasteiger partial charge on any atom is -0.326 e. The molecular weight excluding hydrogens is 186 g/mol. The lowest BCUT2D eigenvalue weighted by molar-refractivity contribution is 0.935. The van der Waals surface area contributed by atoms with E-state index in [1.54, 1.807) is 6.20 Å². The molecular formula is C12H15N3. The van der Waals surface area contributed by atoms with E-state index in [0.717, 1.165) is 5.69 Å². The van der Waals surface area contributed by atoms with Crippen LogP contribution in [0.1, 0.15) is 17.0 Å². The topological polar surface area (TPSA) is 43.8 Å². The first-order chi connectivity index (χ1) is 7.24. The molecule has 0 aromatic carbocycles. The molecule has 2 heterocycles. The van der Waals surface area contributed by atoms with E-state index >= 15 is 0 Å². The fraction of sp³-hybridized carbons (Fsp3) is 0.250. The van der Waals surface area contributed by atoms with E-state index in [2.05, 4.69) is 29.5 Å². The third-order valence-corrected chi connectivity index (χ3v) is 2.66. The standard InChI is InChI=1S/C12H15N3/c1-9-6-11(7-13)10(2)15(9)12-4-3-5-14-8-12/h3-6,8H,7,13H2,1-2H3. The van der Waals surface area contributed by atoms with Gasteiger partial charge in [-0.2, -0.15) is 0 Å². The second-order valence-corrected chi connectivity index (χ2v) is 3.65. The second-order valence-electron chi connectivity index (χ2n) is 3.65. The Labute approximate surface area is 89.6 Å². The molecule has 2 aromatic heterocycles. The maximum atomic E-state index is 5.68. The monoisotopic (exact) mass is 201 g/mol. The minimum absolute atomic E-state index is 0.583. The van der Waals surface area contributed by atoms with Crippen molar-refractivity contribution in [1.29, 1.82) is 0 Å². The van der Waals surface area contributed by atoms with Crippen molar-refractivity contribution in [3.05, 3.63) is 47.5 Å². The molecule has 0 saturated carbocycles. The molecule has 78 valence electrons. The highest BCUT2D eigenvalue weighted by Crippen LogP contribution is 2.19. The van der Waals surface area contributed by atoms with Gasteiger partial charge < -0.3 is 10.3 Å². The number of aryl methyl sites for hydroxylation is 1. The molecule has 0 radical (unpaired) electrons. The molecule has 2 aromatic rings. The summed E-state index contributed by atoms with van der Waals surface area (Å²) in [5, 5.41) is 0. The first kappa shape index (κ1) is 9.93. The molecule has 0 amide bonds. The molecule has 2 rings (SSSR count). The van der Waals surface area contributed by atoms with Gasteiger partial charge >= 0.3 is 0 Å². The fourth-order valence-electron chi connectivity index (χ4n) is 1.92. The highest BCUT2D eigenvalue weighted by atomic mass is 15.0. The predicted octanol–water partition coefficient (Wildman–Crippen LogP) is 1.95. The van der Waals surface area contributed by atoms with Crippen LogP contribution in [-0.4, -0.2) is 9.55 Å². The number of hydrogen-bond acceptors (Lipinski definition) is 2. The largest absolute Gasteiger partial charge is 0.326 e. The van der Waals surface area contributed by atoms with E-state index in [9.17, 15) is 0 Å². The summed E-state index contributed by atoms with van der Waals surface area (Å²) in [5.74, 6) is 0. The average Bonchev–Trinajstić information content (AvgIpc) is 2.55. The minimum atomic E-state index is 0.583. The molecule has 0 aliphatic heterocycles. The first-order valence-corrected chi connectivity index (χ1v) is 5.02. The zero-order valence-corrected chi connectivity index (χ0v) is 9.07. The summed E-state index contributed by atoms with van der Waals surface area (Å²) in [7, 11) is 0. The van der Waals surface area contributed by atoms with Gasteiger partial charge in [0.1, 0.15) is 0 Å². The normalized spacial score (nSPS) is 10.6. The Hall–Kier alpha value is -1.61. The maximum Gasteiger partial charge on any atom is 0.0638 e. The quantitative estimate of drug-likeness (QED) is 0.807. The summed E-state index contributed by atoms with van der Waals surface area (Å²) in [6.07, 6.45) is 3.64. The van der Waals surface area contributed by atoms with Crippen molar-refractivity contribution in [3.8, 4) is 5.69 Å². The number of aromatic nitrogens is 2. The Bertz CT molecular complexity index is 457. The van der Waals surface area contributed by atoms with Gasteiger partial charge in [-0.05, 0) is 37.6 Å². The van der Waals surface area contributed by atoms with Gasteiger partial charge in [0.2, 0.25) is 0 Å². The number of hydrogen-bond donors (Lipinski definition) is 1. The van der Waals surface area contributed by atoms with Gasteiger partial charge in [-0.25, -0.2) is 0 Å². The van der Waals surface area contributed by atoms with Crippen molar-refractivity contribution in [2.75, 3.05) is 0 Å². The van der Waals surface area contributed by atoms with Crippen LogP contribution in [-0.2, 0) is 6.54 Å². The summed E-state index contributed by atoms with van der Waals surface area (Å²) in [6, 6.07) is 6.12. The zero-order valence-electron chi connectivity index (χ0n) is 9.07. The van der Waals surface area contributed by atoms with Gasteiger partial charge in [-0.1, -0.05) is 0 Å². The summed E-state index contributed by atoms with van der Waals surface area (Å²) >= 11 is 0. The van der Waals surface area contributed by atoms with Crippen LogP contribution in [0.2, 0.25) is 0 Å². The van der Waals surface area contributed by atoms with Gasteiger partial charge in [0.05, 0.1) is 11.9 Å². The van der Waals surface area contributed by atoms with Crippen molar-refractivity contribution in [2.24, 2.45) is 5.73 Å². The third-order valence-electron chi connectivity index (χ3n) is 2.66. The van der Waals surface area contributed by atoms with E-state index < -0.39 is 0 Å². The smallest absolute Gasteiger partial charge is 0.0638 e. The summed E-state index contributed by atoms with van der Waals surface area (Å²) in [5.41, 5.74) is 10.4. The van der Waals surface area contributed by atoms with E-state index in [0.29, 0.717) is 6.54 Å². The van der Waals surface area contributed by atoms with Crippen LogP contribution in [0.5, 0.6) is 0 Å². The number of pyridine rings is 1. The van der Waals surface area contributed by atoms with Crippen LogP contribution >= 0.6 is 0 Å². The van der Waals surface area contributed by atoms with Crippen LogP contribution in [0.25, 0.3) is 5.69 Å². The highest BCUT2D eigenvalue weighted by molar-refractivity contribution is 5.39. The molecule has 0 aliphatic rings. The molecule has 0 unspecified atom stereocenters. The Morgan fingerprint density at radius 1 is 1.40 bits per heavy atom. The zero-order chi connectivity index (χ0) is 10.8. The van der Waals surface area contributed by atoms with Gasteiger partial charge in [-0.15, -0.1) is 0 Å².